The molecule has 10 heavy (non-hydrogen) atoms. The third-order valence-electron chi connectivity index (χ3n) is 1.25. The highest BCUT2D eigenvalue weighted by Crippen LogP contribution is 1.87. The molecule has 0 fully saturated rings. The smallest absolute Gasteiger partial charge is 0.0132 e. The molecule has 0 unspecified atom stereocenters. The fourth-order valence-corrected chi connectivity index (χ4v) is 0.716. The normalized spacial score (nSPS) is 10.5. The van der Waals surface area contributed by atoms with Crippen LogP contribution in [0, 0.1) is 0 Å². The monoisotopic (exact) mass is 139 g/mol. The first kappa shape index (κ1) is 9.44. The summed E-state index contributed by atoms with van der Waals surface area (Å²) in [7, 11) is 0. The summed E-state index contributed by atoms with van der Waals surface area (Å²) in [6.45, 7) is 7.69. The van der Waals surface area contributed by atoms with Crippen molar-refractivity contribution in [2.75, 3.05) is 13.1 Å². The molecule has 0 bridgehead atoms. The van der Waals surface area contributed by atoms with Gasteiger partial charge in [-0.15, -0.1) is 6.58 Å². The predicted octanol–water partition coefficient (Wildman–Crippen LogP) is 2.12. The molecule has 0 aliphatic rings. The summed E-state index contributed by atoms with van der Waals surface area (Å²) < 4.78 is 0. The predicted molar refractivity (Wildman–Crippen MR) is 47.1 cm³/mol. The second-order valence-electron chi connectivity index (χ2n) is 2.20. The van der Waals surface area contributed by atoms with Crippen LogP contribution in [-0.4, -0.2) is 13.1 Å². The fourth-order valence-electron chi connectivity index (χ4n) is 0.716. The lowest BCUT2D eigenvalue weighted by Crippen LogP contribution is -2.14. The van der Waals surface area contributed by atoms with E-state index in [2.05, 4.69) is 31.0 Å². The summed E-state index contributed by atoms with van der Waals surface area (Å²) in [5.74, 6) is 0. The third kappa shape index (κ3) is 7.44. The highest BCUT2D eigenvalue weighted by molar-refractivity contribution is 4.77. The summed E-state index contributed by atoms with van der Waals surface area (Å²) in [5.41, 5.74) is 0. The molecule has 58 valence electrons. The average molecular weight is 139 g/mol. The largest absolute Gasteiger partial charge is 0.313 e. The van der Waals surface area contributed by atoms with E-state index in [-0.39, 0.29) is 0 Å². The molecule has 1 heteroatoms. The van der Waals surface area contributed by atoms with Crippen molar-refractivity contribution in [3.05, 3.63) is 24.8 Å². The molecule has 1 nitrogen and oxygen atoms in total. The van der Waals surface area contributed by atoms with E-state index in [1.54, 1.807) is 0 Å². The van der Waals surface area contributed by atoms with Crippen LogP contribution in [0.25, 0.3) is 0 Å². The molecule has 0 aromatic heterocycles. The minimum atomic E-state index is 0.926. The van der Waals surface area contributed by atoms with Gasteiger partial charge < -0.3 is 5.32 Å². The molecule has 0 rings (SSSR count). The van der Waals surface area contributed by atoms with Crippen molar-refractivity contribution in [1.82, 2.24) is 5.32 Å². The lowest BCUT2D eigenvalue weighted by atomic mass is 10.3. The topological polar surface area (TPSA) is 12.0 Å². The Hall–Kier alpha value is -0.560. The SMILES string of the molecule is C=CCNCCCC=CC. The van der Waals surface area contributed by atoms with Crippen LogP contribution in [-0.2, 0) is 0 Å². The highest BCUT2D eigenvalue weighted by Gasteiger charge is 1.81. The van der Waals surface area contributed by atoms with Gasteiger partial charge in [0.25, 0.3) is 0 Å². The van der Waals surface area contributed by atoms with Crippen LogP contribution in [0.2, 0.25) is 0 Å². The van der Waals surface area contributed by atoms with Gasteiger partial charge in [0.1, 0.15) is 0 Å². The number of nitrogens with one attached hydrogen (secondary N) is 1. The summed E-state index contributed by atoms with van der Waals surface area (Å²) in [5, 5.41) is 3.24. The summed E-state index contributed by atoms with van der Waals surface area (Å²) in [4.78, 5) is 0. The highest BCUT2D eigenvalue weighted by atomic mass is 14.8. The van der Waals surface area contributed by atoms with Gasteiger partial charge in [-0.3, -0.25) is 0 Å². The van der Waals surface area contributed by atoms with Crippen molar-refractivity contribution < 1.29 is 0 Å². The molecule has 0 saturated heterocycles. The van der Waals surface area contributed by atoms with Gasteiger partial charge in [0, 0.05) is 6.54 Å². The zero-order valence-corrected chi connectivity index (χ0v) is 6.77. The quantitative estimate of drug-likeness (QED) is 0.439. The second-order valence-corrected chi connectivity index (χ2v) is 2.20. The van der Waals surface area contributed by atoms with Crippen molar-refractivity contribution >= 4 is 0 Å². The lowest BCUT2D eigenvalue weighted by Gasteiger charge is -1.97. The van der Waals surface area contributed by atoms with E-state index in [1.807, 2.05) is 6.08 Å². The van der Waals surface area contributed by atoms with Gasteiger partial charge in [0.2, 0.25) is 0 Å². The number of unbranched alkanes of at least 4 members (excludes halogenated alkanes) is 1. The van der Waals surface area contributed by atoms with Gasteiger partial charge in [-0.1, -0.05) is 18.2 Å². The Kier molecular flexibility index (Phi) is 7.97. The Morgan fingerprint density at radius 1 is 1.50 bits per heavy atom. The summed E-state index contributed by atoms with van der Waals surface area (Å²) in [6, 6.07) is 0. The van der Waals surface area contributed by atoms with E-state index < -0.39 is 0 Å². The van der Waals surface area contributed by atoms with Gasteiger partial charge in [0.05, 0.1) is 0 Å². The van der Waals surface area contributed by atoms with Crippen molar-refractivity contribution in [3.8, 4) is 0 Å². The van der Waals surface area contributed by atoms with E-state index in [0.29, 0.717) is 0 Å². The van der Waals surface area contributed by atoms with Crippen molar-refractivity contribution in [3.63, 3.8) is 0 Å². The van der Waals surface area contributed by atoms with E-state index >= 15 is 0 Å². The molecule has 0 saturated carbocycles. The molecular weight excluding hydrogens is 122 g/mol. The van der Waals surface area contributed by atoms with E-state index in [1.165, 1.54) is 12.8 Å². The Bertz CT molecular complexity index is 94.9. The minimum absolute atomic E-state index is 0.926. The van der Waals surface area contributed by atoms with E-state index in [9.17, 15) is 0 Å². The number of allylic oxidation sites excluding steroid dienone is 2. The van der Waals surface area contributed by atoms with Gasteiger partial charge >= 0.3 is 0 Å². The first-order valence-corrected chi connectivity index (χ1v) is 3.84. The Labute approximate surface area is 63.8 Å². The van der Waals surface area contributed by atoms with E-state index in [0.717, 1.165) is 13.1 Å². The minimum Gasteiger partial charge on any atom is -0.313 e. The number of hydrogen-bond acceptors (Lipinski definition) is 1. The van der Waals surface area contributed by atoms with Crippen LogP contribution >= 0.6 is 0 Å². The molecule has 0 aliphatic carbocycles. The van der Waals surface area contributed by atoms with Gasteiger partial charge in [0.15, 0.2) is 0 Å². The van der Waals surface area contributed by atoms with Crippen LogP contribution in [0.5, 0.6) is 0 Å². The lowest BCUT2D eigenvalue weighted by molar-refractivity contribution is 0.701. The first-order chi connectivity index (χ1) is 4.91. The van der Waals surface area contributed by atoms with E-state index in [4.69, 9.17) is 0 Å². The van der Waals surface area contributed by atoms with Crippen LogP contribution in [0.4, 0.5) is 0 Å². The zero-order valence-electron chi connectivity index (χ0n) is 6.77. The molecule has 0 amide bonds. The fraction of sp³-hybridized carbons (Fsp3) is 0.556. The maximum absolute atomic E-state index is 3.62. The molecule has 0 atom stereocenters. The first-order valence-electron chi connectivity index (χ1n) is 3.84. The van der Waals surface area contributed by atoms with Gasteiger partial charge in [-0.2, -0.15) is 0 Å². The second kappa shape index (κ2) is 8.44. The van der Waals surface area contributed by atoms with Crippen LogP contribution in [0.1, 0.15) is 19.8 Å². The summed E-state index contributed by atoms with van der Waals surface area (Å²) >= 11 is 0. The number of hydrogen-bond donors (Lipinski definition) is 1. The molecule has 0 heterocycles. The van der Waals surface area contributed by atoms with Crippen molar-refractivity contribution in [2.24, 2.45) is 0 Å². The molecule has 0 aromatic rings. The van der Waals surface area contributed by atoms with Gasteiger partial charge in [-0.25, -0.2) is 0 Å². The molecule has 0 aromatic carbocycles. The van der Waals surface area contributed by atoms with Gasteiger partial charge in [-0.05, 0) is 26.3 Å². The summed E-state index contributed by atoms with van der Waals surface area (Å²) in [6.07, 6.45) is 8.57. The van der Waals surface area contributed by atoms with Crippen molar-refractivity contribution in [1.29, 1.82) is 0 Å². The molecule has 0 spiro atoms. The van der Waals surface area contributed by atoms with Crippen LogP contribution < -0.4 is 5.32 Å². The molecular formula is C9H17N. The maximum atomic E-state index is 3.62. The standard InChI is InChI=1S/C9H17N/c1-3-5-6-7-9-10-8-4-2/h3-5,10H,2,6-9H2,1H3. The van der Waals surface area contributed by atoms with Crippen molar-refractivity contribution in [2.45, 2.75) is 19.8 Å². The third-order valence-corrected chi connectivity index (χ3v) is 1.25. The van der Waals surface area contributed by atoms with Crippen LogP contribution in [0.15, 0.2) is 24.8 Å². The Morgan fingerprint density at radius 3 is 2.90 bits per heavy atom. The molecule has 0 radical (unpaired) electrons. The zero-order chi connectivity index (χ0) is 7.66. The molecule has 1 N–H and O–H groups in total. The van der Waals surface area contributed by atoms with Crippen LogP contribution in [0.3, 0.4) is 0 Å². The Morgan fingerprint density at radius 2 is 2.30 bits per heavy atom. The average Bonchev–Trinajstić information content (AvgIpc) is 1.97. The Balaban J connectivity index is 2.83. The molecule has 0 aliphatic heterocycles. The maximum Gasteiger partial charge on any atom is 0.0132 e. The number of rotatable bonds is 6.